The molecule has 214 valence electrons. The maximum Gasteiger partial charge on any atom is 0.301 e. The van der Waals surface area contributed by atoms with Crippen LogP contribution in [0, 0.1) is 5.82 Å². The molecule has 4 aromatic rings. The molecule has 0 bridgehead atoms. The molecule has 5 heterocycles. The molecular weight excluding hydrogens is 567 g/mol. The molecule has 2 aliphatic rings. The van der Waals surface area contributed by atoms with Crippen LogP contribution in [0.25, 0.3) is 28.2 Å². The summed E-state index contributed by atoms with van der Waals surface area (Å²) in [6, 6.07) is 10.6. The standard InChI is InChI=1S/C28H30ClFN8O2S/c1-19-17-36(13-10-32-19)22-4-5-26(33-16-22)38-18-24(28(34-38)20-6-8-31-9-7-20)23-14-21(29)15-25(27(23)30)35-41(39,40)37-11-2-3-12-37/h4-9,14-16,18-19,32,35H,2-3,10-13,17H2,1H3/t19-/m1/s1. The van der Waals surface area contributed by atoms with E-state index in [-0.39, 0.29) is 16.3 Å². The van der Waals surface area contributed by atoms with Crippen LogP contribution in [0.3, 0.4) is 0 Å². The Hall–Kier alpha value is -3.58. The summed E-state index contributed by atoms with van der Waals surface area (Å²) in [7, 11) is -3.93. The largest absolute Gasteiger partial charge is 0.367 e. The number of nitrogens with one attached hydrogen (secondary N) is 2. The summed E-state index contributed by atoms with van der Waals surface area (Å²) in [5, 5.41) is 8.38. The molecule has 0 spiro atoms. The highest BCUT2D eigenvalue weighted by Crippen LogP contribution is 2.38. The topological polar surface area (TPSA) is 108 Å². The molecule has 3 aromatic heterocycles. The van der Waals surface area contributed by atoms with E-state index in [1.54, 1.807) is 35.4 Å². The third kappa shape index (κ3) is 5.78. The van der Waals surface area contributed by atoms with Gasteiger partial charge in [-0.15, -0.1) is 0 Å². The molecule has 0 amide bonds. The Labute approximate surface area is 243 Å². The molecule has 10 nitrogen and oxygen atoms in total. The molecule has 1 aromatic carbocycles. The number of rotatable bonds is 7. The molecule has 2 aliphatic heterocycles. The number of piperazine rings is 1. The van der Waals surface area contributed by atoms with E-state index in [0.29, 0.717) is 41.8 Å². The lowest BCUT2D eigenvalue weighted by molar-refractivity contribution is 0.482. The van der Waals surface area contributed by atoms with Crippen LogP contribution in [-0.4, -0.2) is 71.2 Å². The molecule has 6 rings (SSSR count). The van der Waals surface area contributed by atoms with Gasteiger partial charge < -0.3 is 10.2 Å². The van der Waals surface area contributed by atoms with E-state index in [9.17, 15) is 8.42 Å². The molecule has 2 N–H and O–H groups in total. The fraction of sp³-hybridized carbons (Fsp3) is 0.321. The Morgan fingerprint density at radius 3 is 2.56 bits per heavy atom. The van der Waals surface area contributed by atoms with Gasteiger partial charge in [-0.3, -0.25) is 9.71 Å². The number of hydrogen-bond acceptors (Lipinski definition) is 7. The molecular formula is C28H30ClFN8O2S. The first-order chi connectivity index (χ1) is 19.8. The van der Waals surface area contributed by atoms with E-state index < -0.39 is 16.0 Å². The van der Waals surface area contributed by atoms with Crippen molar-refractivity contribution in [2.45, 2.75) is 25.8 Å². The highest BCUT2D eigenvalue weighted by atomic mass is 35.5. The molecule has 13 heteroatoms. The second-order valence-corrected chi connectivity index (χ2v) is 12.4. The van der Waals surface area contributed by atoms with Crippen molar-refractivity contribution in [1.82, 2.24) is 29.4 Å². The van der Waals surface area contributed by atoms with Crippen molar-refractivity contribution in [3.8, 4) is 28.2 Å². The third-order valence-corrected chi connectivity index (χ3v) is 9.08. The first kappa shape index (κ1) is 27.6. The van der Waals surface area contributed by atoms with Crippen LogP contribution in [0.5, 0.6) is 0 Å². The minimum atomic E-state index is -3.93. The van der Waals surface area contributed by atoms with E-state index in [1.165, 1.54) is 16.4 Å². The zero-order valence-corrected chi connectivity index (χ0v) is 24.0. The number of nitrogens with zero attached hydrogens (tertiary/aromatic N) is 6. The second-order valence-electron chi connectivity index (χ2n) is 10.3. The van der Waals surface area contributed by atoms with Crippen molar-refractivity contribution in [1.29, 1.82) is 0 Å². The molecule has 2 fully saturated rings. The van der Waals surface area contributed by atoms with Gasteiger partial charge in [0.1, 0.15) is 5.69 Å². The van der Waals surface area contributed by atoms with Crippen molar-refractivity contribution < 1.29 is 12.8 Å². The fourth-order valence-corrected chi connectivity index (χ4v) is 6.78. The molecule has 0 aliphatic carbocycles. The monoisotopic (exact) mass is 596 g/mol. The van der Waals surface area contributed by atoms with E-state index in [4.69, 9.17) is 16.7 Å². The maximum absolute atomic E-state index is 16.1. The highest BCUT2D eigenvalue weighted by Gasteiger charge is 2.28. The van der Waals surface area contributed by atoms with Crippen LogP contribution >= 0.6 is 11.6 Å². The van der Waals surface area contributed by atoms with Gasteiger partial charge in [-0.1, -0.05) is 11.6 Å². The average molecular weight is 597 g/mol. The van der Waals surface area contributed by atoms with Crippen molar-refractivity contribution >= 4 is 33.2 Å². The van der Waals surface area contributed by atoms with Crippen LogP contribution in [0.1, 0.15) is 19.8 Å². The van der Waals surface area contributed by atoms with E-state index in [0.717, 1.165) is 38.2 Å². The summed E-state index contributed by atoms with van der Waals surface area (Å²) in [5.41, 5.74) is 2.52. The predicted molar refractivity (Wildman–Crippen MR) is 158 cm³/mol. The van der Waals surface area contributed by atoms with Crippen LogP contribution in [-0.2, 0) is 10.2 Å². The summed E-state index contributed by atoms with van der Waals surface area (Å²) < 4.78 is 47.2. The van der Waals surface area contributed by atoms with Crippen LogP contribution in [0.15, 0.2) is 61.2 Å². The number of pyridine rings is 2. The van der Waals surface area contributed by atoms with Crippen molar-refractivity contribution in [2.75, 3.05) is 42.3 Å². The minimum Gasteiger partial charge on any atom is -0.367 e. The Balaban J connectivity index is 1.39. The molecule has 41 heavy (non-hydrogen) atoms. The van der Waals surface area contributed by atoms with Gasteiger partial charge in [-0.05, 0) is 56.2 Å². The predicted octanol–water partition coefficient (Wildman–Crippen LogP) is 4.34. The zero-order chi connectivity index (χ0) is 28.6. The van der Waals surface area contributed by atoms with Gasteiger partial charge in [0.15, 0.2) is 11.6 Å². The number of benzene rings is 1. The van der Waals surface area contributed by atoms with Crippen LogP contribution < -0.4 is 14.9 Å². The van der Waals surface area contributed by atoms with E-state index in [1.807, 2.05) is 18.3 Å². The Bertz CT molecular complexity index is 1640. The summed E-state index contributed by atoms with van der Waals surface area (Å²) in [6.45, 7) is 5.61. The summed E-state index contributed by atoms with van der Waals surface area (Å²) in [5.74, 6) is -0.195. The first-order valence-electron chi connectivity index (χ1n) is 13.5. The Morgan fingerprint density at radius 1 is 1.07 bits per heavy atom. The van der Waals surface area contributed by atoms with Gasteiger partial charge in [0, 0.05) is 79.1 Å². The van der Waals surface area contributed by atoms with Crippen molar-refractivity contribution in [2.24, 2.45) is 0 Å². The molecule has 1 atom stereocenters. The lowest BCUT2D eigenvalue weighted by Crippen LogP contribution is -2.49. The lowest BCUT2D eigenvalue weighted by Gasteiger charge is -2.33. The molecule has 0 unspecified atom stereocenters. The number of halogens is 2. The molecule has 2 saturated heterocycles. The lowest BCUT2D eigenvalue weighted by atomic mass is 10.0. The minimum absolute atomic E-state index is 0.112. The third-order valence-electron chi connectivity index (χ3n) is 7.34. The smallest absolute Gasteiger partial charge is 0.301 e. The van der Waals surface area contributed by atoms with Gasteiger partial charge in [0.25, 0.3) is 0 Å². The van der Waals surface area contributed by atoms with Crippen LogP contribution in [0.4, 0.5) is 15.8 Å². The Kier molecular flexibility index (Phi) is 7.64. The fourth-order valence-electron chi connectivity index (χ4n) is 5.27. The van der Waals surface area contributed by atoms with Gasteiger partial charge in [-0.2, -0.15) is 17.8 Å². The van der Waals surface area contributed by atoms with Crippen LogP contribution in [0.2, 0.25) is 5.02 Å². The Morgan fingerprint density at radius 2 is 1.85 bits per heavy atom. The first-order valence-corrected chi connectivity index (χ1v) is 15.3. The number of anilines is 2. The average Bonchev–Trinajstić information content (AvgIpc) is 3.67. The normalized spacial score (nSPS) is 18.1. The van der Waals surface area contributed by atoms with Gasteiger partial charge in [0.05, 0.1) is 17.6 Å². The number of hydrogen-bond donors (Lipinski definition) is 2. The van der Waals surface area contributed by atoms with E-state index >= 15 is 4.39 Å². The summed E-state index contributed by atoms with van der Waals surface area (Å²) in [6.07, 6.45) is 8.28. The highest BCUT2D eigenvalue weighted by molar-refractivity contribution is 7.90. The zero-order valence-electron chi connectivity index (χ0n) is 22.5. The summed E-state index contributed by atoms with van der Waals surface area (Å²) >= 11 is 6.41. The molecule has 0 saturated carbocycles. The quantitative estimate of drug-likeness (QED) is 0.327. The van der Waals surface area contributed by atoms with E-state index in [2.05, 4.69) is 31.8 Å². The number of aromatic nitrogens is 4. The van der Waals surface area contributed by atoms with Crippen molar-refractivity contribution in [3.05, 3.63) is 72.0 Å². The van der Waals surface area contributed by atoms with Gasteiger partial charge in [0.2, 0.25) is 0 Å². The maximum atomic E-state index is 16.1. The van der Waals surface area contributed by atoms with Gasteiger partial charge >= 0.3 is 10.2 Å². The van der Waals surface area contributed by atoms with Crippen molar-refractivity contribution in [3.63, 3.8) is 0 Å². The SMILES string of the molecule is C[C@@H]1CN(c2ccc(-n3cc(-c4cc(Cl)cc(NS(=O)(=O)N5CCCC5)c4F)c(-c4ccncc4)n3)nc2)CCN1. The van der Waals surface area contributed by atoms with Gasteiger partial charge in [-0.25, -0.2) is 14.1 Å². The second kappa shape index (κ2) is 11.4. The summed E-state index contributed by atoms with van der Waals surface area (Å²) in [4.78, 5) is 11.0. The molecule has 0 radical (unpaired) electrons.